The number of ether oxygens (including phenoxy) is 1. The Morgan fingerprint density at radius 3 is 2.63 bits per heavy atom. The van der Waals surface area contributed by atoms with Gasteiger partial charge in [0.15, 0.2) is 0 Å². The van der Waals surface area contributed by atoms with Crippen molar-refractivity contribution in [3.63, 3.8) is 0 Å². The molecule has 0 heterocycles. The zero-order valence-corrected chi connectivity index (χ0v) is 11.6. The molecule has 0 saturated carbocycles. The van der Waals surface area contributed by atoms with Crippen LogP contribution in [0.5, 0.6) is 5.75 Å². The third-order valence-electron chi connectivity index (χ3n) is 2.86. The quantitative estimate of drug-likeness (QED) is 0.917. The maximum absolute atomic E-state index is 14.0. The normalized spacial score (nSPS) is 10.5. The van der Waals surface area contributed by atoms with E-state index in [1.165, 1.54) is 6.07 Å². The van der Waals surface area contributed by atoms with E-state index in [-0.39, 0.29) is 5.82 Å². The molecule has 2 aromatic carbocycles. The first-order valence-electron chi connectivity index (χ1n) is 5.92. The molecule has 2 nitrogen and oxygen atoms in total. The lowest BCUT2D eigenvalue weighted by molar-refractivity contribution is 0.416. The SMILES string of the molecule is CNCc1ccc(F)c(-c2cc(Cl)ccc2OC)c1. The Kier molecular flexibility index (Phi) is 4.40. The summed E-state index contributed by atoms with van der Waals surface area (Å²) >= 11 is 5.99. The van der Waals surface area contributed by atoms with Crippen molar-refractivity contribution in [2.75, 3.05) is 14.2 Å². The molecule has 0 amide bonds. The van der Waals surface area contributed by atoms with Gasteiger partial charge in [-0.1, -0.05) is 17.7 Å². The van der Waals surface area contributed by atoms with Crippen molar-refractivity contribution < 1.29 is 9.13 Å². The van der Waals surface area contributed by atoms with Crippen LogP contribution in [0.15, 0.2) is 36.4 Å². The van der Waals surface area contributed by atoms with Crippen LogP contribution in [-0.4, -0.2) is 14.2 Å². The van der Waals surface area contributed by atoms with Crippen LogP contribution in [0, 0.1) is 5.82 Å². The molecule has 2 rings (SSSR count). The smallest absolute Gasteiger partial charge is 0.131 e. The Hall–Kier alpha value is -1.58. The molecule has 0 saturated heterocycles. The van der Waals surface area contributed by atoms with Gasteiger partial charge in [0.25, 0.3) is 0 Å². The molecule has 0 aliphatic heterocycles. The highest BCUT2D eigenvalue weighted by atomic mass is 35.5. The molecule has 0 aromatic heterocycles. The maximum Gasteiger partial charge on any atom is 0.131 e. The van der Waals surface area contributed by atoms with Crippen LogP contribution in [0.25, 0.3) is 11.1 Å². The minimum atomic E-state index is -0.291. The number of hydrogen-bond donors (Lipinski definition) is 1. The number of hydrogen-bond acceptors (Lipinski definition) is 2. The number of methoxy groups -OCH3 is 1. The zero-order valence-electron chi connectivity index (χ0n) is 10.8. The summed E-state index contributed by atoms with van der Waals surface area (Å²) in [6.45, 7) is 0.677. The summed E-state index contributed by atoms with van der Waals surface area (Å²) in [7, 11) is 3.41. The summed E-state index contributed by atoms with van der Waals surface area (Å²) < 4.78 is 19.3. The van der Waals surface area contributed by atoms with Crippen LogP contribution < -0.4 is 10.1 Å². The molecule has 0 aliphatic carbocycles. The molecule has 19 heavy (non-hydrogen) atoms. The molecule has 0 atom stereocenters. The number of halogens is 2. The maximum atomic E-state index is 14.0. The Balaban J connectivity index is 2.56. The lowest BCUT2D eigenvalue weighted by atomic mass is 10.0. The highest BCUT2D eigenvalue weighted by Gasteiger charge is 2.12. The molecule has 0 unspecified atom stereocenters. The van der Waals surface area contributed by atoms with Gasteiger partial charge in [-0.3, -0.25) is 0 Å². The number of benzene rings is 2. The molecule has 1 N–H and O–H groups in total. The van der Waals surface area contributed by atoms with Gasteiger partial charge >= 0.3 is 0 Å². The summed E-state index contributed by atoms with van der Waals surface area (Å²) in [5, 5.41) is 3.59. The number of nitrogens with one attached hydrogen (secondary N) is 1. The van der Waals surface area contributed by atoms with Crippen LogP contribution in [-0.2, 0) is 6.54 Å². The standard InChI is InChI=1S/C15H15ClFNO/c1-18-9-10-3-5-14(17)12(7-10)13-8-11(16)4-6-15(13)19-2/h3-8,18H,9H2,1-2H3. The van der Waals surface area contributed by atoms with Gasteiger partial charge in [-0.25, -0.2) is 4.39 Å². The van der Waals surface area contributed by atoms with E-state index in [2.05, 4.69) is 5.32 Å². The van der Waals surface area contributed by atoms with Crippen molar-refractivity contribution in [1.29, 1.82) is 0 Å². The number of rotatable bonds is 4. The second-order valence-corrected chi connectivity index (χ2v) is 4.63. The molecular weight excluding hydrogens is 265 g/mol. The van der Waals surface area contributed by atoms with Crippen LogP contribution in [0.1, 0.15) is 5.56 Å². The lowest BCUT2D eigenvalue weighted by Gasteiger charge is -2.11. The van der Waals surface area contributed by atoms with Gasteiger partial charge in [-0.05, 0) is 42.9 Å². The van der Waals surface area contributed by atoms with Gasteiger partial charge in [0.1, 0.15) is 11.6 Å². The fourth-order valence-corrected chi connectivity index (χ4v) is 2.16. The van der Waals surface area contributed by atoms with E-state index in [1.807, 2.05) is 7.05 Å². The van der Waals surface area contributed by atoms with E-state index in [4.69, 9.17) is 16.3 Å². The predicted molar refractivity (Wildman–Crippen MR) is 76.2 cm³/mol. The molecule has 100 valence electrons. The lowest BCUT2D eigenvalue weighted by Crippen LogP contribution is -2.05. The van der Waals surface area contributed by atoms with Gasteiger partial charge in [-0.15, -0.1) is 0 Å². The topological polar surface area (TPSA) is 21.3 Å². The Morgan fingerprint density at radius 1 is 1.16 bits per heavy atom. The molecule has 2 aromatic rings. The fourth-order valence-electron chi connectivity index (χ4n) is 1.98. The van der Waals surface area contributed by atoms with Crippen molar-refractivity contribution in [3.8, 4) is 16.9 Å². The van der Waals surface area contributed by atoms with E-state index in [9.17, 15) is 4.39 Å². The average molecular weight is 280 g/mol. The van der Waals surface area contributed by atoms with E-state index >= 15 is 0 Å². The minimum Gasteiger partial charge on any atom is -0.496 e. The van der Waals surface area contributed by atoms with Gasteiger partial charge < -0.3 is 10.1 Å². The van der Waals surface area contributed by atoms with Gasteiger partial charge in [-0.2, -0.15) is 0 Å². The third-order valence-corrected chi connectivity index (χ3v) is 3.10. The predicted octanol–water partition coefficient (Wildman–Crippen LogP) is 3.87. The molecule has 0 spiro atoms. The second-order valence-electron chi connectivity index (χ2n) is 4.19. The van der Waals surface area contributed by atoms with Crippen molar-refractivity contribution in [2.45, 2.75) is 6.54 Å². The van der Waals surface area contributed by atoms with Crippen molar-refractivity contribution in [3.05, 3.63) is 52.8 Å². The molecule has 0 radical (unpaired) electrons. The minimum absolute atomic E-state index is 0.291. The molecule has 4 heteroatoms. The van der Waals surface area contributed by atoms with Crippen molar-refractivity contribution in [2.24, 2.45) is 0 Å². The van der Waals surface area contributed by atoms with Crippen LogP contribution in [0.2, 0.25) is 5.02 Å². The summed E-state index contributed by atoms with van der Waals surface area (Å²) in [5.41, 5.74) is 2.15. The first-order valence-corrected chi connectivity index (χ1v) is 6.30. The summed E-state index contributed by atoms with van der Waals surface area (Å²) in [6, 6.07) is 10.2. The van der Waals surface area contributed by atoms with E-state index in [1.54, 1.807) is 37.4 Å². The van der Waals surface area contributed by atoms with E-state index in [0.29, 0.717) is 28.4 Å². The first-order chi connectivity index (χ1) is 9.15. The van der Waals surface area contributed by atoms with Crippen LogP contribution in [0.3, 0.4) is 0 Å². The third kappa shape index (κ3) is 3.06. The largest absolute Gasteiger partial charge is 0.496 e. The van der Waals surface area contributed by atoms with Crippen molar-refractivity contribution in [1.82, 2.24) is 5.32 Å². The highest BCUT2D eigenvalue weighted by molar-refractivity contribution is 6.31. The van der Waals surface area contributed by atoms with Gasteiger partial charge in [0.05, 0.1) is 7.11 Å². The fraction of sp³-hybridized carbons (Fsp3) is 0.200. The molecule has 0 fully saturated rings. The average Bonchev–Trinajstić information content (AvgIpc) is 2.41. The summed E-state index contributed by atoms with van der Waals surface area (Å²) in [6.07, 6.45) is 0. The molecule has 0 bridgehead atoms. The van der Waals surface area contributed by atoms with Crippen LogP contribution >= 0.6 is 11.6 Å². The monoisotopic (exact) mass is 279 g/mol. The van der Waals surface area contributed by atoms with E-state index in [0.717, 1.165) is 5.56 Å². The summed E-state index contributed by atoms with van der Waals surface area (Å²) in [4.78, 5) is 0. The van der Waals surface area contributed by atoms with Gasteiger partial charge in [0, 0.05) is 22.7 Å². The second kappa shape index (κ2) is 6.04. The zero-order chi connectivity index (χ0) is 13.8. The first kappa shape index (κ1) is 13.8. The summed E-state index contributed by atoms with van der Waals surface area (Å²) in [5.74, 6) is 0.310. The van der Waals surface area contributed by atoms with Crippen molar-refractivity contribution >= 4 is 11.6 Å². The van der Waals surface area contributed by atoms with E-state index < -0.39 is 0 Å². The Bertz CT molecular complexity index is 586. The Morgan fingerprint density at radius 2 is 1.95 bits per heavy atom. The molecular formula is C15H15ClFNO. The Labute approximate surface area is 117 Å². The highest BCUT2D eigenvalue weighted by Crippen LogP contribution is 2.34. The molecule has 0 aliphatic rings. The van der Waals surface area contributed by atoms with Gasteiger partial charge in [0.2, 0.25) is 0 Å². The van der Waals surface area contributed by atoms with Crippen LogP contribution in [0.4, 0.5) is 4.39 Å².